The van der Waals surface area contributed by atoms with E-state index < -0.39 is 5.91 Å². The van der Waals surface area contributed by atoms with Crippen LogP contribution in [-0.2, 0) is 4.79 Å². The highest BCUT2D eigenvalue weighted by Crippen LogP contribution is 2.25. The first-order valence-corrected chi connectivity index (χ1v) is 10.2. The molecule has 0 spiro atoms. The number of carbonyl (C=O) groups is 2. The van der Waals surface area contributed by atoms with Gasteiger partial charge in [-0.2, -0.15) is 0 Å². The van der Waals surface area contributed by atoms with Gasteiger partial charge in [0.05, 0.1) is 19.4 Å². The number of carbonyl (C=O) groups excluding carboxylic acids is 2. The Labute approximate surface area is 187 Å². The number of aryl methyl sites for hydroxylation is 1. The van der Waals surface area contributed by atoms with Crippen molar-refractivity contribution < 1.29 is 23.5 Å². The van der Waals surface area contributed by atoms with Crippen LogP contribution in [0.15, 0.2) is 77.0 Å². The smallest absolute Gasteiger partial charge is 0.268 e. The Morgan fingerprint density at radius 2 is 1.84 bits per heavy atom. The van der Waals surface area contributed by atoms with Crippen molar-refractivity contribution in [2.45, 2.75) is 19.9 Å². The molecule has 3 aromatic rings. The van der Waals surface area contributed by atoms with E-state index in [0.717, 1.165) is 5.56 Å². The highest BCUT2D eigenvalue weighted by Gasteiger charge is 2.18. The number of nitrogens with one attached hydrogen (secondary N) is 2. The van der Waals surface area contributed by atoms with E-state index in [-0.39, 0.29) is 24.3 Å². The van der Waals surface area contributed by atoms with Crippen molar-refractivity contribution >= 4 is 17.9 Å². The van der Waals surface area contributed by atoms with Crippen LogP contribution in [0.3, 0.4) is 0 Å². The third-order valence-corrected chi connectivity index (χ3v) is 4.54. The van der Waals surface area contributed by atoms with Gasteiger partial charge in [-0.15, -0.1) is 0 Å². The fourth-order valence-electron chi connectivity index (χ4n) is 2.95. The molecule has 32 heavy (non-hydrogen) atoms. The van der Waals surface area contributed by atoms with Crippen LogP contribution in [-0.4, -0.2) is 31.6 Å². The van der Waals surface area contributed by atoms with Crippen LogP contribution < -0.4 is 20.1 Å². The second-order valence-corrected chi connectivity index (χ2v) is 7.23. The molecule has 0 unspecified atom stereocenters. The molecule has 7 heteroatoms. The van der Waals surface area contributed by atoms with Crippen molar-refractivity contribution in [3.63, 3.8) is 0 Å². The van der Waals surface area contributed by atoms with E-state index in [4.69, 9.17) is 13.9 Å². The molecule has 3 rings (SSSR count). The minimum atomic E-state index is -0.460. The Hall–Kier alpha value is -4.00. The van der Waals surface area contributed by atoms with Gasteiger partial charge in [-0.3, -0.25) is 9.59 Å². The number of rotatable bonds is 9. The largest absolute Gasteiger partial charge is 0.493 e. The van der Waals surface area contributed by atoms with Crippen LogP contribution in [0.4, 0.5) is 0 Å². The Morgan fingerprint density at radius 1 is 1.06 bits per heavy atom. The molecule has 2 aromatic carbocycles. The van der Waals surface area contributed by atoms with E-state index in [0.29, 0.717) is 22.8 Å². The van der Waals surface area contributed by atoms with Crippen molar-refractivity contribution in [1.29, 1.82) is 0 Å². The van der Waals surface area contributed by atoms with Crippen molar-refractivity contribution in [2.24, 2.45) is 0 Å². The number of furan rings is 1. The minimum Gasteiger partial charge on any atom is -0.493 e. The fourth-order valence-corrected chi connectivity index (χ4v) is 2.95. The first-order chi connectivity index (χ1) is 15.5. The normalized spacial score (nSPS) is 12.0. The predicted molar refractivity (Wildman–Crippen MR) is 121 cm³/mol. The van der Waals surface area contributed by atoms with Gasteiger partial charge in [0.25, 0.3) is 11.8 Å². The third kappa shape index (κ3) is 6.25. The average Bonchev–Trinajstić information content (AvgIpc) is 3.30. The quantitative estimate of drug-likeness (QED) is 0.498. The van der Waals surface area contributed by atoms with Crippen LogP contribution >= 0.6 is 0 Å². The fraction of sp³-hybridized carbons (Fsp3) is 0.200. The van der Waals surface area contributed by atoms with Crippen molar-refractivity contribution in [1.82, 2.24) is 10.6 Å². The third-order valence-electron chi connectivity index (χ3n) is 4.54. The van der Waals surface area contributed by atoms with Gasteiger partial charge in [-0.1, -0.05) is 29.8 Å². The van der Waals surface area contributed by atoms with Gasteiger partial charge >= 0.3 is 0 Å². The maximum atomic E-state index is 12.9. The first-order valence-electron chi connectivity index (χ1n) is 10.2. The number of hydrogen-bond acceptors (Lipinski definition) is 5. The minimum absolute atomic E-state index is 0.0654. The lowest BCUT2D eigenvalue weighted by atomic mass is 10.1. The summed E-state index contributed by atoms with van der Waals surface area (Å²) in [6, 6.07) is 17.4. The second kappa shape index (κ2) is 10.9. The summed E-state index contributed by atoms with van der Waals surface area (Å²) >= 11 is 0. The standard InChI is InChI=1S/C25H26N2O5/c1-17-8-6-9-19(14-17)24(28)27-21(15-20-10-7-13-31-20)25(29)26-18(2)16-32-23-12-5-4-11-22(23)30-3/h4-15,18H,16H2,1-3H3,(H,26,29)(H,27,28)/b21-15-/t18-/m1/s1. The molecule has 1 heterocycles. The summed E-state index contributed by atoms with van der Waals surface area (Å²) < 4.78 is 16.4. The molecule has 0 aliphatic rings. The van der Waals surface area contributed by atoms with Gasteiger partial charge in [0.15, 0.2) is 11.5 Å². The summed E-state index contributed by atoms with van der Waals surface area (Å²) in [5.74, 6) is 0.778. The van der Waals surface area contributed by atoms with Gasteiger partial charge in [0.2, 0.25) is 0 Å². The average molecular weight is 434 g/mol. The lowest BCUT2D eigenvalue weighted by Crippen LogP contribution is -2.41. The Kier molecular flexibility index (Phi) is 7.70. The highest BCUT2D eigenvalue weighted by atomic mass is 16.5. The molecule has 7 nitrogen and oxygen atoms in total. The molecule has 2 N–H and O–H groups in total. The van der Waals surface area contributed by atoms with Crippen LogP contribution in [0, 0.1) is 6.92 Å². The molecule has 166 valence electrons. The van der Waals surface area contributed by atoms with E-state index in [1.165, 1.54) is 12.3 Å². The van der Waals surface area contributed by atoms with Gasteiger partial charge in [0, 0.05) is 11.6 Å². The van der Waals surface area contributed by atoms with Gasteiger partial charge in [-0.25, -0.2) is 0 Å². The summed E-state index contributed by atoms with van der Waals surface area (Å²) in [6.07, 6.45) is 2.98. The molecule has 0 fully saturated rings. The number of methoxy groups -OCH3 is 1. The van der Waals surface area contributed by atoms with Crippen molar-refractivity contribution in [3.05, 3.63) is 89.5 Å². The molecule has 0 bridgehead atoms. The molecule has 0 aliphatic heterocycles. The number of hydrogen-bond donors (Lipinski definition) is 2. The molecule has 1 atom stereocenters. The summed E-state index contributed by atoms with van der Waals surface area (Å²) in [4.78, 5) is 25.6. The Morgan fingerprint density at radius 3 is 2.53 bits per heavy atom. The Bertz CT molecular complexity index is 1090. The van der Waals surface area contributed by atoms with Crippen molar-refractivity contribution in [3.8, 4) is 11.5 Å². The highest BCUT2D eigenvalue weighted by molar-refractivity contribution is 6.05. The van der Waals surface area contributed by atoms with E-state index in [9.17, 15) is 9.59 Å². The number of benzene rings is 2. The summed E-state index contributed by atoms with van der Waals surface area (Å²) in [6.45, 7) is 3.92. The zero-order chi connectivity index (χ0) is 22.9. The van der Waals surface area contributed by atoms with Crippen LogP contribution in [0.1, 0.15) is 28.6 Å². The van der Waals surface area contributed by atoms with Gasteiger partial charge in [-0.05, 0) is 50.2 Å². The van der Waals surface area contributed by atoms with E-state index in [1.54, 1.807) is 56.5 Å². The molecule has 2 amide bonds. The lowest BCUT2D eigenvalue weighted by molar-refractivity contribution is -0.118. The molecule has 0 saturated carbocycles. The van der Waals surface area contributed by atoms with Gasteiger partial charge in [0.1, 0.15) is 18.1 Å². The molecule has 0 radical (unpaired) electrons. The van der Waals surface area contributed by atoms with E-state index in [2.05, 4.69) is 10.6 Å². The Balaban J connectivity index is 1.69. The topological polar surface area (TPSA) is 89.8 Å². The summed E-state index contributed by atoms with van der Waals surface area (Å²) in [7, 11) is 1.57. The first kappa shape index (κ1) is 22.7. The maximum Gasteiger partial charge on any atom is 0.268 e. The van der Waals surface area contributed by atoms with Gasteiger partial charge < -0.3 is 24.5 Å². The second-order valence-electron chi connectivity index (χ2n) is 7.23. The molecule has 1 aromatic heterocycles. The maximum absolute atomic E-state index is 12.9. The predicted octanol–water partition coefficient (Wildman–Crippen LogP) is 3.95. The molecular weight excluding hydrogens is 408 g/mol. The summed E-state index contributed by atoms with van der Waals surface area (Å²) in [5, 5.41) is 5.52. The summed E-state index contributed by atoms with van der Waals surface area (Å²) in [5.41, 5.74) is 1.46. The number of amides is 2. The van der Waals surface area contributed by atoms with Crippen LogP contribution in [0.5, 0.6) is 11.5 Å². The number of ether oxygens (including phenoxy) is 2. The lowest BCUT2D eigenvalue weighted by Gasteiger charge is -2.18. The molecule has 0 saturated heterocycles. The molecule has 0 aliphatic carbocycles. The molecular formula is C25H26N2O5. The van der Waals surface area contributed by atoms with Crippen LogP contribution in [0.2, 0.25) is 0 Å². The monoisotopic (exact) mass is 434 g/mol. The van der Waals surface area contributed by atoms with Crippen molar-refractivity contribution in [2.75, 3.05) is 13.7 Å². The van der Waals surface area contributed by atoms with Crippen LogP contribution in [0.25, 0.3) is 6.08 Å². The SMILES string of the molecule is COc1ccccc1OC[C@@H](C)NC(=O)/C(=C/c1ccco1)NC(=O)c1cccc(C)c1. The zero-order valence-electron chi connectivity index (χ0n) is 18.3. The number of para-hydroxylation sites is 2. The zero-order valence-corrected chi connectivity index (χ0v) is 18.3. The van der Waals surface area contributed by atoms with E-state index >= 15 is 0 Å². The van der Waals surface area contributed by atoms with E-state index in [1.807, 2.05) is 25.1 Å².